The molecule has 118 valence electrons. The first-order chi connectivity index (χ1) is 10.9. The number of fused-ring (bicyclic) bond motifs is 1. The van der Waals surface area contributed by atoms with Gasteiger partial charge in [-0.1, -0.05) is 0 Å². The van der Waals surface area contributed by atoms with E-state index in [1.807, 2.05) is 6.92 Å². The van der Waals surface area contributed by atoms with Crippen molar-refractivity contribution < 1.29 is 9.53 Å². The summed E-state index contributed by atoms with van der Waals surface area (Å²) in [6.45, 7) is 3.65. The predicted octanol–water partition coefficient (Wildman–Crippen LogP) is 1.88. The van der Waals surface area contributed by atoms with Crippen LogP contribution in [0.15, 0.2) is 17.1 Å². The number of methoxy groups -OCH3 is 1. The quantitative estimate of drug-likeness (QED) is 0.679. The molecule has 0 aliphatic heterocycles. The molecular formula is C14H13BrN6O2. The summed E-state index contributed by atoms with van der Waals surface area (Å²) in [6, 6.07) is 0. The number of imidazole rings is 1. The highest BCUT2D eigenvalue weighted by molar-refractivity contribution is 9.10. The van der Waals surface area contributed by atoms with Crippen molar-refractivity contribution in [2.24, 2.45) is 0 Å². The Labute approximate surface area is 139 Å². The number of hydrogen-bond acceptors (Lipinski definition) is 7. The fourth-order valence-electron chi connectivity index (χ4n) is 2.39. The number of halogens is 1. The average Bonchev–Trinajstić information content (AvgIpc) is 2.91. The molecule has 0 radical (unpaired) electrons. The highest BCUT2D eigenvalue weighted by Gasteiger charge is 2.21. The zero-order valence-corrected chi connectivity index (χ0v) is 14.2. The van der Waals surface area contributed by atoms with Crippen molar-refractivity contribution in [2.75, 3.05) is 12.8 Å². The lowest BCUT2D eigenvalue weighted by Crippen LogP contribution is -2.16. The van der Waals surface area contributed by atoms with Gasteiger partial charge in [0, 0.05) is 17.3 Å². The van der Waals surface area contributed by atoms with Gasteiger partial charge in [0.05, 0.1) is 7.11 Å². The second-order valence-corrected chi connectivity index (χ2v) is 5.66. The van der Waals surface area contributed by atoms with Gasteiger partial charge in [-0.3, -0.25) is 9.78 Å². The van der Waals surface area contributed by atoms with Gasteiger partial charge in [0.2, 0.25) is 5.95 Å². The number of rotatable bonds is 2. The molecule has 0 aliphatic rings. The molecule has 0 aromatic carbocycles. The molecule has 23 heavy (non-hydrogen) atoms. The number of carbonyl (C=O) groups is 1. The number of aryl methyl sites for hydroxylation is 1. The van der Waals surface area contributed by atoms with Gasteiger partial charge in [-0.2, -0.15) is 4.98 Å². The molecule has 9 heteroatoms. The minimum Gasteiger partial charge on any atom is -0.496 e. The fraction of sp³-hybridized carbons (Fsp3) is 0.214. The topological polar surface area (TPSA) is 109 Å². The van der Waals surface area contributed by atoms with E-state index >= 15 is 0 Å². The molecule has 3 rings (SSSR count). The first kappa shape index (κ1) is 15.3. The highest BCUT2D eigenvalue weighted by Crippen LogP contribution is 2.26. The average molecular weight is 377 g/mol. The van der Waals surface area contributed by atoms with Crippen LogP contribution in [0.4, 0.5) is 5.95 Å². The zero-order chi connectivity index (χ0) is 16.7. The summed E-state index contributed by atoms with van der Waals surface area (Å²) >= 11 is 3.26. The van der Waals surface area contributed by atoms with Crippen LogP contribution in [-0.2, 0) is 0 Å². The lowest BCUT2D eigenvalue weighted by Gasteiger charge is -2.11. The van der Waals surface area contributed by atoms with Crippen molar-refractivity contribution in [3.63, 3.8) is 0 Å². The molecule has 2 N–H and O–H groups in total. The van der Waals surface area contributed by atoms with Crippen molar-refractivity contribution in [3.8, 4) is 5.75 Å². The normalized spacial score (nSPS) is 11.0. The Hall–Kier alpha value is -2.55. The Morgan fingerprint density at radius 1 is 1.30 bits per heavy atom. The lowest BCUT2D eigenvalue weighted by atomic mass is 10.1. The van der Waals surface area contributed by atoms with Gasteiger partial charge >= 0.3 is 0 Å². The molecule has 3 aromatic rings. The maximum Gasteiger partial charge on any atom is 0.283 e. The minimum absolute atomic E-state index is 0.0464. The molecule has 0 fully saturated rings. The van der Waals surface area contributed by atoms with E-state index in [1.165, 1.54) is 10.9 Å². The zero-order valence-electron chi connectivity index (χ0n) is 12.7. The third-order valence-electron chi connectivity index (χ3n) is 3.44. The van der Waals surface area contributed by atoms with Crippen molar-refractivity contribution in [3.05, 3.63) is 33.9 Å². The Morgan fingerprint density at radius 3 is 2.74 bits per heavy atom. The number of carbonyl (C=O) groups excluding carboxylic acids is 1. The molecule has 0 unspecified atom stereocenters. The summed E-state index contributed by atoms with van der Waals surface area (Å²) in [5, 5.41) is 0. The van der Waals surface area contributed by atoms with E-state index in [4.69, 9.17) is 10.5 Å². The molecule has 0 saturated heterocycles. The Kier molecular flexibility index (Phi) is 3.72. The van der Waals surface area contributed by atoms with Crippen LogP contribution in [0.1, 0.15) is 21.6 Å². The number of nitrogens with two attached hydrogens (primary N) is 1. The van der Waals surface area contributed by atoms with E-state index in [0.29, 0.717) is 27.1 Å². The molecule has 0 spiro atoms. The summed E-state index contributed by atoms with van der Waals surface area (Å²) in [6.07, 6.45) is 2.97. The summed E-state index contributed by atoms with van der Waals surface area (Å²) in [5.74, 6) is 0.307. The van der Waals surface area contributed by atoms with Gasteiger partial charge in [0.1, 0.15) is 27.9 Å². The SMILES string of the molecule is COc1c(C)cnc(C(=O)n2cnc3c(Br)nc(N)nc32)c1C. The van der Waals surface area contributed by atoms with Gasteiger partial charge in [-0.05, 0) is 29.8 Å². The minimum atomic E-state index is -0.367. The molecule has 0 bridgehead atoms. The second-order valence-electron chi connectivity index (χ2n) is 4.91. The molecule has 0 aliphatic carbocycles. The predicted molar refractivity (Wildman–Crippen MR) is 87.4 cm³/mol. The van der Waals surface area contributed by atoms with Crippen LogP contribution in [0.25, 0.3) is 11.2 Å². The summed E-state index contributed by atoms with van der Waals surface area (Å²) in [7, 11) is 1.56. The maximum atomic E-state index is 12.8. The molecular weight excluding hydrogens is 364 g/mol. The van der Waals surface area contributed by atoms with Crippen LogP contribution in [0.2, 0.25) is 0 Å². The van der Waals surface area contributed by atoms with E-state index in [2.05, 4.69) is 35.9 Å². The third kappa shape index (κ3) is 2.42. The van der Waals surface area contributed by atoms with Crippen LogP contribution >= 0.6 is 15.9 Å². The van der Waals surface area contributed by atoms with Gasteiger partial charge < -0.3 is 10.5 Å². The summed E-state index contributed by atoms with van der Waals surface area (Å²) in [5.41, 5.74) is 8.18. The van der Waals surface area contributed by atoms with Gasteiger partial charge in [0.25, 0.3) is 5.91 Å². The number of anilines is 1. The van der Waals surface area contributed by atoms with Crippen molar-refractivity contribution in [1.29, 1.82) is 0 Å². The number of nitrogens with zero attached hydrogens (tertiary/aromatic N) is 5. The van der Waals surface area contributed by atoms with E-state index in [-0.39, 0.29) is 17.5 Å². The van der Waals surface area contributed by atoms with Gasteiger partial charge in [0.15, 0.2) is 5.65 Å². The van der Waals surface area contributed by atoms with E-state index < -0.39 is 0 Å². The highest BCUT2D eigenvalue weighted by atomic mass is 79.9. The summed E-state index contributed by atoms with van der Waals surface area (Å²) in [4.78, 5) is 29.3. The first-order valence-corrected chi connectivity index (χ1v) is 7.44. The number of ether oxygens (including phenoxy) is 1. The van der Waals surface area contributed by atoms with Crippen LogP contribution < -0.4 is 10.5 Å². The number of aromatic nitrogens is 5. The number of hydrogen-bond donors (Lipinski definition) is 1. The smallest absolute Gasteiger partial charge is 0.283 e. The third-order valence-corrected chi connectivity index (χ3v) is 3.99. The molecule has 3 heterocycles. The molecule has 0 atom stereocenters. The molecule has 0 saturated carbocycles. The molecule has 0 amide bonds. The molecule has 3 aromatic heterocycles. The van der Waals surface area contributed by atoms with Crippen molar-refractivity contribution in [2.45, 2.75) is 13.8 Å². The largest absolute Gasteiger partial charge is 0.496 e. The van der Waals surface area contributed by atoms with Crippen molar-refractivity contribution in [1.82, 2.24) is 24.5 Å². The lowest BCUT2D eigenvalue weighted by molar-refractivity contribution is 0.0958. The molecule has 8 nitrogen and oxygen atoms in total. The Balaban J connectivity index is 2.19. The maximum absolute atomic E-state index is 12.8. The van der Waals surface area contributed by atoms with Crippen LogP contribution in [-0.4, -0.2) is 37.5 Å². The Morgan fingerprint density at radius 2 is 2.04 bits per heavy atom. The van der Waals surface area contributed by atoms with Crippen molar-refractivity contribution >= 4 is 38.9 Å². The van der Waals surface area contributed by atoms with Gasteiger partial charge in [-0.15, -0.1) is 0 Å². The van der Waals surface area contributed by atoms with E-state index in [9.17, 15) is 4.79 Å². The Bertz CT molecular complexity index is 937. The summed E-state index contributed by atoms with van der Waals surface area (Å²) < 4.78 is 7.06. The van der Waals surface area contributed by atoms with Crippen LogP contribution in [0, 0.1) is 13.8 Å². The van der Waals surface area contributed by atoms with E-state index in [1.54, 1.807) is 20.2 Å². The fourth-order valence-corrected chi connectivity index (χ4v) is 2.86. The van der Waals surface area contributed by atoms with Gasteiger partial charge in [-0.25, -0.2) is 14.5 Å². The second kappa shape index (κ2) is 5.58. The van der Waals surface area contributed by atoms with E-state index in [0.717, 1.165) is 5.56 Å². The number of nitrogen functional groups attached to an aromatic ring is 1. The standard InChI is InChI=1S/C14H13BrN6O2/c1-6-4-17-8(7(2)10(6)23-3)13(22)21-5-18-9-11(15)19-14(16)20-12(9)21/h4-5H,1-3H3,(H2,16,19,20). The number of pyridine rings is 1. The van der Waals surface area contributed by atoms with Crippen LogP contribution in [0.3, 0.4) is 0 Å². The monoisotopic (exact) mass is 376 g/mol. The first-order valence-electron chi connectivity index (χ1n) is 6.65. The van der Waals surface area contributed by atoms with Crippen LogP contribution in [0.5, 0.6) is 5.75 Å².